The third kappa shape index (κ3) is 2.94. The molecule has 1 aliphatic carbocycles. The SMILES string of the molecule is O=C(CNCc1ccccn1)c1ccc2c(c1)CCC2. The third-order valence-corrected chi connectivity index (χ3v) is 3.74. The maximum absolute atomic E-state index is 12.2. The molecule has 3 nitrogen and oxygen atoms in total. The number of carbonyl (C=O) groups excluding carboxylic acids is 1. The van der Waals surface area contributed by atoms with Crippen molar-refractivity contribution < 1.29 is 4.79 Å². The van der Waals surface area contributed by atoms with Gasteiger partial charge in [-0.2, -0.15) is 0 Å². The lowest BCUT2D eigenvalue weighted by atomic mass is 10.0. The highest BCUT2D eigenvalue weighted by atomic mass is 16.1. The molecule has 0 unspecified atom stereocenters. The van der Waals surface area contributed by atoms with Crippen molar-refractivity contribution in [3.05, 3.63) is 65.0 Å². The molecule has 20 heavy (non-hydrogen) atoms. The minimum Gasteiger partial charge on any atom is -0.304 e. The van der Waals surface area contributed by atoms with Gasteiger partial charge in [-0.1, -0.05) is 18.2 Å². The zero-order valence-electron chi connectivity index (χ0n) is 11.4. The summed E-state index contributed by atoms with van der Waals surface area (Å²) < 4.78 is 0. The van der Waals surface area contributed by atoms with Crippen LogP contribution in [0.15, 0.2) is 42.6 Å². The molecule has 0 spiro atoms. The second-order valence-electron chi connectivity index (χ2n) is 5.18. The average Bonchev–Trinajstić information content (AvgIpc) is 2.95. The molecule has 0 saturated carbocycles. The second kappa shape index (κ2) is 5.97. The van der Waals surface area contributed by atoms with Gasteiger partial charge in [-0.25, -0.2) is 0 Å². The van der Waals surface area contributed by atoms with Gasteiger partial charge >= 0.3 is 0 Å². The van der Waals surface area contributed by atoms with Crippen molar-refractivity contribution in [1.82, 2.24) is 10.3 Å². The lowest BCUT2D eigenvalue weighted by molar-refractivity contribution is 0.0990. The van der Waals surface area contributed by atoms with E-state index in [1.807, 2.05) is 24.3 Å². The topological polar surface area (TPSA) is 42.0 Å². The van der Waals surface area contributed by atoms with E-state index in [-0.39, 0.29) is 5.78 Å². The van der Waals surface area contributed by atoms with E-state index in [0.29, 0.717) is 13.1 Å². The maximum atomic E-state index is 12.2. The van der Waals surface area contributed by atoms with Crippen LogP contribution in [0.1, 0.15) is 33.6 Å². The number of hydrogen-bond acceptors (Lipinski definition) is 3. The minimum atomic E-state index is 0.149. The van der Waals surface area contributed by atoms with Gasteiger partial charge in [0.05, 0.1) is 12.2 Å². The van der Waals surface area contributed by atoms with E-state index in [4.69, 9.17) is 0 Å². The predicted molar refractivity (Wildman–Crippen MR) is 78.7 cm³/mol. The highest BCUT2D eigenvalue weighted by Crippen LogP contribution is 2.22. The van der Waals surface area contributed by atoms with Crippen molar-refractivity contribution in [3.63, 3.8) is 0 Å². The molecular formula is C17H18N2O. The van der Waals surface area contributed by atoms with E-state index in [0.717, 1.165) is 24.1 Å². The summed E-state index contributed by atoms with van der Waals surface area (Å²) in [5.74, 6) is 0.149. The molecule has 0 bridgehead atoms. The van der Waals surface area contributed by atoms with Gasteiger partial charge in [0.2, 0.25) is 0 Å². The summed E-state index contributed by atoms with van der Waals surface area (Å²) in [6.07, 6.45) is 5.24. The van der Waals surface area contributed by atoms with Gasteiger partial charge < -0.3 is 5.32 Å². The number of nitrogens with zero attached hydrogens (tertiary/aromatic N) is 1. The molecule has 1 aliphatic rings. The number of fused-ring (bicyclic) bond motifs is 1. The normalized spacial score (nSPS) is 13.2. The first-order valence-corrected chi connectivity index (χ1v) is 7.08. The van der Waals surface area contributed by atoms with Gasteiger partial charge in [-0.15, -0.1) is 0 Å². The van der Waals surface area contributed by atoms with Crippen molar-refractivity contribution in [2.45, 2.75) is 25.8 Å². The van der Waals surface area contributed by atoms with Crippen LogP contribution in [0.5, 0.6) is 0 Å². The van der Waals surface area contributed by atoms with Gasteiger partial charge in [0.25, 0.3) is 0 Å². The molecule has 1 aromatic carbocycles. The van der Waals surface area contributed by atoms with E-state index >= 15 is 0 Å². The summed E-state index contributed by atoms with van der Waals surface area (Å²) in [6, 6.07) is 11.9. The van der Waals surface area contributed by atoms with Crippen LogP contribution in [0.25, 0.3) is 0 Å². The predicted octanol–water partition coefficient (Wildman–Crippen LogP) is 2.54. The smallest absolute Gasteiger partial charge is 0.176 e. The molecule has 0 aliphatic heterocycles. The van der Waals surface area contributed by atoms with Crippen molar-refractivity contribution >= 4 is 5.78 Å². The summed E-state index contributed by atoms with van der Waals surface area (Å²) in [4.78, 5) is 16.4. The van der Waals surface area contributed by atoms with Crippen LogP contribution in [0.3, 0.4) is 0 Å². The van der Waals surface area contributed by atoms with Crippen molar-refractivity contribution in [2.75, 3.05) is 6.54 Å². The molecule has 2 aromatic rings. The Kier molecular flexibility index (Phi) is 3.88. The number of hydrogen-bond donors (Lipinski definition) is 1. The molecule has 0 amide bonds. The number of benzene rings is 1. The first kappa shape index (κ1) is 13.0. The molecule has 0 radical (unpaired) electrons. The Labute approximate surface area is 119 Å². The molecular weight excluding hydrogens is 248 g/mol. The maximum Gasteiger partial charge on any atom is 0.176 e. The first-order valence-electron chi connectivity index (χ1n) is 7.08. The second-order valence-corrected chi connectivity index (χ2v) is 5.18. The average molecular weight is 266 g/mol. The largest absolute Gasteiger partial charge is 0.304 e. The highest BCUT2D eigenvalue weighted by Gasteiger charge is 2.13. The molecule has 1 heterocycles. The van der Waals surface area contributed by atoms with E-state index < -0.39 is 0 Å². The summed E-state index contributed by atoms with van der Waals surface area (Å²) in [7, 11) is 0. The first-order chi connectivity index (χ1) is 9.83. The van der Waals surface area contributed by atoms with Crippen molar-refractivity contribution in [3.8, 4) is 0 Å². The molecule has 102 valence electrons. The summed E-state index contributed by atoms with van der Waals surface area (Å²) in [5.41, 5.74) is 4.52. The highest BCUT2D eigenvalue weighted by molar-refractivity contribution is 5.97. The lowest BCUT2D eigenvalue weighted by Gasteiger charge is -2.06. The van der Waals surface area contributed by atoms with Crippen LogP contribution in [0.2, 0.25) is 0 Å². The van der Waals surface area contributed by atoms with E-state index in [9.17, 15) is 4.79 Å². The van der Waals surface area contributed by atoms with Crippen LogP contribution >= 0.6 is 0 Å². The molecule has 3 rings (SSSR count). The Balaban J connectivity index is 1.57. The Morgan fingerprint density at radius 1 is 1.15 bits per heavy atom. The van der Waals surface area contributed by atoms with Gasteiger partial charge in [0, 0.05) is 18.3 Å². The quantitative estimate of drug-likeness (QED) is 0.846. The lowest BCUT2D eigenvalue weighted by Crippen LogP contribution is -2.23. The fraction of sp³-hybridized carbons (Fsp3) is 0.294. The van der Waals surface area contributed by atoms with E-state index in [1.165, 1.54) is 17.5 Å². The third-order valence-electron chi connectivity index (χ3n) is 3.74. The number of ketones is 1. The van der Waals surface area contributed by atoms with Crippen LogP contribution in [0.4, 0.5) is 0 Å². The fourth-order valence-electron chi connectivity index (χ4n) is 2.65. The zero-order valence-corrected chi connectivity index (χ0v) is 11.4. The van der Waals surface area contributed by atoms with Gasteiger partial charge in [0.15, 0.2) is 5.78 Å². The standard InChI is InChI=1S/C17H18N2O/c20-17(12-18-11-16-6-1-2-9-19-16)15-8-7-13-4-3-5-14(13)10-15/h1-2,6-10,18H,3-5,11-12H2. The Hall–Kier alpha value is -2.00. The minimum absolute atomic E-state index is 0.149. The van der Waals surface area contributed by atoms with Crippen LogP contribution < -0.4 is 5.32 Å². The molecule has 3 heteroatoms. The molecule has 1 aromatic heterocycles. The fourth-order valence-corrected chi connectivity index (χ4v) is 2.65. The number of aromatic nitrogens is 1. The number of nitrogens with one attached hydrogen (secondary N) is 1. The Morgan fingerprint density at radius 3 is 2.90 bits per heavy atom. The van der Waals surface area contributed by atoms with E-state index in [2.05, 4.69) is 22.4 Å². The van der Waals surface area contributed by atoms with Gasteiger partial charge in [-0.3, -0.25) is 9.78 Å². The monoisotopic (exact) mass is 266 g/mol. The molecule has 1 N–H and O–H groups in total. The molecule has 0 atom stereocenters. The number of carbonyl (C=O) groups is 1. The van der Waals surface area contributed by atoms with E-state index in [1.54, 1.807) is 6.20 Å². The van der Waals surface area contributed by atoms with Gasteiger partial charge in [-0.05, 0) is 48.6 Å². The van der Waals surface area contributed by atoms with Crippen molar-refractivity contribution in [1.29, 1.82) is 0 Å². The van der Waals surface area contributed by atoms with Crippen LogP contribution in [-0.4, -0.2) is 17.3 Å². The number of pyridine rings is 1. The molecule has 0 fully saturated rings. The van der Waals surface area contributed by atoms with Crippen molar-refractivity contribution in [2.24, 2.45) is 0 Å². The Bertz CT molecular complexity index is 608. The van der Waals surface area contributed by atoms with Crippen LogP contribution in [-0.2, 0) is 19.4 Å². The number of Topliss-reactive ketones (excluding diaryl/α,β-unsaturated/α-hetero) is 1. The molecule has 0 saturated heterocycles. The Morgan fingerprint density at radius 2 is 2.05 bits per heavy atom. The summed E-state index contributed by atoms with van der Waals surface area (Å²) in [5, 5.41) is 3.16. The summed E-state index contributed by atoms with van der Waals surface area (Å²) >= 11 is 0. The van der Waals surface area contributed by atoms with Gasteiger partial charge in [0.1, 0.15) is 0 Å². The van der Waals surface area contributed by atoms with Crippen LogP contribution in [0, 0.1) is 0 Å². The zero-order chi connectivity index (χ0) is 13.8. The number of rotatable bonds is 5. The number of aryl methyl sites for hydroxylation is 2. The summed E-state index contributed by atoms with van der Waals surface area (Å²) in [6.45, 7) is 0.979.